The van der Waals surface area contributed by atoms with Gasteiger partial charge in [-0.15, -0.1) is 0 Å². The molecule has 0 radical (unpaired) electrons. The van der Waals surface area contributed by atoms with E-state index >= 15 is 0 Å². The predicted molar refractivity (Wildman–Crippen MR) is 63.6 cm³/mol. The van der Waals surface area contributed by atoms with E-state index in [0.717, 1.165) is 0 Å². The Morgan fingerprint density at radius 1 is 1.44 bits per heavy atom. The zero-order chi connectivity index (χ0) is 13.2. The van der Waals surface area contributed by atoms with Crippen molar-refractivity contribution < 1.29 is 13.6 Å². The largest absolute Gasteiger partial charge is 0.344 e. The fourth-order valence-corrected chi connectivity index (χ4v) is 2.11. The van der Waals surface area contributed by atoms with Crippen LogP contribution in [0.4, 0.5) is 8.78 Å². The zero-order valence-electron chi connectivity index (χ0n) is 9.57. The molecule has 1 heterocycles. The topological polar surface area (TPSA) is 52.9 Å². The van der Waals surface area contributed by atoms with Gasteiger partial charge in [0.1, 0.15) is 0 Å². The molecule has 0 saturated carbocycles. The van der Waals surface area contributed by atoms with E-state index in [1.807, 2.05) is 5.97 Å². The van der Waals surface area contributed by atoms with Gasteiger partial charge in [0, 0.05) is 17.9 Å². The van der Waals surface area contributed by atoms with Crippen molar-refractivity contribution in [1.82, 2.24) is 5.32 Å². The monoisotopic (exact) mass is 248 g/mol. The summed E-state index contributed by atoms with van der Waals surface area (Å²) >= 11 is 0. The summed E-state index contributed by atoms with van der Waals surface area (Å²) in [7, 11) is 0. The van der Waals surface area contributed by atoms with Gasteiger partial charge in [-0.3, -0.25) is 4.79 Å². The van der Waals surface area contributed by atoms with Crippen LogP contribution in [0.25, 0.3) is 0 Å². The van der Waals surface area contributed by atoms with Crippen molar-refractivity contribution in [2.24, 2.45) is 0 Å². The highest BCUT2D eigenvalue weighted by Gasteiger charge is 2.51. The van der Waals surface area contributed by atoms with E-state index in [1.54, 1.807) is 30.3 Å². The molecule has 1 N–H and O–H groups in total. The summed E-state index contributed by atoms with van der Waals surface area (Å²) in [5, 5.41) is 11.0. The van der Waals surface area contributed by atoms with Gasteiger partial charge < -0.3 is 5.32 Å². The van der Waals surface area contributed by atoms with Gasteiger partial charge in [-0.25, -0.2) is 14.0 Å². The molecule has 1 fully saturated rings. The Morgan fingerprint density at radius 3 is 2.67 bits per heavy atom. The number of benzene rings is 1. The third-order valence-electron chi connectivity index (χ3n) is 3.07. The summed E-state index contributed by atoms with van der Waals surface area (Å²) in [6, 6.07) is 6.94. The molecule has 0 spiro atoms. The van der Waals surface area contributed by atoms with Crippen LogP contribution in [0.5, 0.6) is 0 Å². The lowest BCUT2D eigenvalue weighted by Crippen LogP contribution is -2.43. The molecule has 2 rings (SSSR count). The molecule has 1 aliphatic heterocycles. The summed E-state index contributed by atoms with van der Waals surface area (Å²) in [5.74, 6) is -1.71. The summed E-state index contributed by atoms with van der Waals surface area (Å²) in [5.41, 5.74) is 0.341. The average Bonchev–Trinajstić information content (AvgIpc) is 2.65. The maximum atomic E-state index is 13.6. The van der Waals surface area contributed by atoms with Gasteiger partial charge in [0.05, 0.1) is 6.04 Å². The van der Waals surface area contributed by atoms with Gasteiger partial charge in [0.15, 0.2) is 0 Å². The Kier molecular flexibility index (Phi) is 3.33. The molecule has 1 amide bonds. The fourth-order valence-electron chi connectivity index (χ4n) is 2.11. The summed E-state index contributed by atoms with van der Waals surface area (Å²) < 4.78 is 27.1. The van der Waals surface area contributed by atoms with Crippen molar-refractivity contribution in [1.29, 1.82) is 5.26 Å². The summed E-state index contributed by atoms with van der Waals surface area (Å²) in [6.45, 7) is -0.693. The minimum absolute atomic E-state index is 0.00206. The number of rotatable bonds is 2. The van der Waals surface area contributed by atoms with Crippen LogP contribution < -0.4 is 5.32 Å². The molecule has 1 saturated heterocycles. The first-order valence-electron chi connectivity index (χ1n) is 5.66. The number of hydrogen-bond donors (Lipinski definition) is 1. The van der Waals surface area contributed by atoms with Crippen molar-refractivity contribution in [3.63, 3.8) is 0 Å². The number of alkyl halides is 2. The molecule has 92 valence electrons. The zero-order valence-corrected chi connectivity index (χ0v) is 9.57. The van der Waals surface area contributed by atoms with Crippen LogP contribution in [0.2, 0.25) is 12.6 Å². The van der Waals surface area contributed by atoms with E-state index < -0.39 is 30.9 Å². The normalized spacial score (nSPS) is 21.4. The van der Waals surface area contributed by atoms with Crippen LogP contribution in [-0.2, 0) is 0 Å². The van der Waals surface area contributed by atoms with Crippen LogP contribution in [0.1, 0.15) is 10.4 Å². The first-order chi connectivity index (χ1) is 8.53. The SMILES string of the molecule is N#CB1CC(NC(=O)c2ccccc2)C(F)(F)C1. The highest BCUT2D eigenvalue weighted by atomic mass is 19.3. The molecule has 0 aliphatic carbocycles. The Bertz CT molecular complexity index is 487. The van der Waals surface area contributed by atoms with Crippen molar-refractivity contribution in [3.05, 3.63) is 35.9 Å². The number of halogens is 2. The predicted octanol–water partition coefficient (Wildman–Crippen LogP) is 1.99. The fraction of sp³-hybridized carbons (Fsp3) is 0.333. The van der Waals surface area contributed by atoms with Crippen LogP contribution in [-0.4, -0.2) is 24.6 Å². The lowest BCUT2D eigenvalue weighted by molar-refractivity contribution is -0.00166. The number of carbonyl (C=O) groups excluding carboxylic acids is 1. The molecule has 1 aromatic rings. The van der Waals surface area contributed by atoms with Crippen molar-refractivity contribution >= 4 is 12.6 Å². The van der Waals surface area contributed by atoms with Crippen LogP contribution >= 0.6 is 0 Å². The summed E-state index contributed by atoms with van der Waals surface area (Å²) in [4.78, 5) is 11.8. The Labute approximate surface area is 104 Å². The van der Waals surface area contributed by atoms with E-state index in [4.69, 9.17) is 5.26 Å². The Morgan fingerprint density at radius 2 is 2.11 bits per heavy atom. The highest BCUT2D eigenvalue weighted by molar-refractivity contribution is 6.68. The molecule has 0 aromatic heterocycles. The molecule has 0 bridgehead atoms. The van der Waals surface area contributed by atoms with Gasteiger partial charge in [-0.05, 0) is 18.5 Å². The van der Waals surface area contributed by atoms with E-state index in [0.29, 0.717) is 5.56 Å². The second-order valence-electron chi connectivity index (χ2n) is 4.42. The van der Waals surface area contributed by atoms with Gasteiger partial charge >= 0.3 is 0 Å². The van der Waals surface area contributed by atoms with Crippen molar-refractivity contribution in [3.8, 4) is 5.97 Å². The molecule has 3 nitrogen and oxygen atoms in total. The van der Waals surface area contributed by atoms with Gasteiger partial charge in [-0.2, -0.15) is 0 Å². The molecule has 1 aromatic carbocycles. The second-order valence-corrected chi connectivity index (χ2v) is 4.42. The third kappa shape index (κ3) is 2.50. The molecular weight excluding hydrogens is 237 g/mol. The Balaban J connectivity index is 2.07. The lowest BCUT2D eigenvalue weighted by Gasteiger charge is -2.20. The van der Waals surface area contributed by atoms with Crippen molar-refractivity contribution in [2.45, 2.75) is 24.6 Å². The number of amides is 1. The third-order valence-corrected chi connectivity index (χ3v) is 3.07. The molecule has 1 aliphatic rings. The molecule has 18 heavy (non-hydrogen) atoms. The van der Waals surface area contributed by atoms with Gasteiger partial charge in [-0.1, -0.05) is 18.2 Å². The standard InChI is InChI=1S/C12H11BF2N2O/c14-12(15)7-13(8-16)6-10(12)17-11(18)9-4-2-1-3-5-9/h1-5,10H,6-7H2,(H,17,18). The minimum atomic E-state index is -3.01. The molecule has 6 heteroatoms. The van der Waals surface area contributed by atoms with Crippen molar-refractivity contribution in [2.75, 3.05) is 0 Å². The second kappa shape index (κ2) is 4.77. The number of carbonyl (C=O) groups is 1. The number of nitriles is 1. The Hall–Kier alpha value is -1.90. The highest BCUT2D eigenvalue weighted by Crippen LogP contribution is 2.36. The first kappa shape index (κ1) is 12.6. The first-order valence-corrected chi connectivity index (χ1v) is 5.66. The average molecular weight is 248 g/mol. The van der Waals surface area contributed by atoms with Crippen LogP contribution in [0, 0.1) is 11.2 Å². The number of hydrogen-bond acceptors (Lipinski definition) is 2. The quantitative estimate of drug-likeness (QED) is 0.813. The van der Waals surface area contributed by atoms with Gasteiger partial charge in [0.2, 0.25) is 0 Å². The maximum Gasteiger partial charge on any atom is 0.276 e. The summed E-state index contributed by atoms with van der Waals surface area (Å²) in [6.07, 6.45) is -0.481. The lowest BCUT2D eigenvalue weighted by atomic mass is 9.50. The number of nitrogens with zero attached hydrogens (tertiary/aromatic N) is 1. The van der Waals surface area contributed by atoms with Crippen LogP contribution in [0.15, 0.2) is 30.3 Å². The van der Waals surface area contributed by atoms with Crippen LogP contribution in [0.3, 0.4) is 0 Å². The van der Waals surface area contributed by atoms with E-state index in [9.17, 15) is 13.6 Å². The molecule has 1 unspecified atom stereocenters. The maximum absolute atomic E-state index is 13.6. The molecule has 1 atom stereocenters. The van der Waals surface area contributed by atoms with E-state index in [1.165, 1.54) is 0 Å². The number of nitrogens with one attached hydrogen (secondary N) is 1. The minimum Gasteiger partial charge on any atom is -0.344 e. The van der Waals surface area contributed by atoms with Gasteiger partial charge in [0.25, 0.3) is 18.5 Å². The molecular formula is C12H11BF2N2O. The van der Waals surface area contributed by atoms with E-state index in [-0.39, 0.29) is 6.32 Å². The van der Waals surface area contributed by atoms with E-state index in [2.05, 4.69) is 5.32 Å². The smallest absolute Gasteiger partial charge is 0.276 e.